The first kappa shape index (κ1) is 18.9. The average molecular weight is 360 g/mol. The second kappa shape index (κ2) is 8.65. The van der Waals surface area contributed by atoms with E-state index in [0.29, 0.717) is 6.42 Å². The predicted octanol–water partition coefficient (Wildman–Crippen LogP) is 4.19. The molecule has 0 heterocycles. The number of benzene rings is 3. The maximum Gasteiger partial charge on any atom is 0.311 e. The summed E-state index contributed by atoms with van der Waals surface area (Å²) in [5.41, 5.74) is 2.64. The molecule has 1 N–H and O–H groups in total. The Labute approximate surface area is 160 Å². The maximum atomic E-state index is 12.3. The predicted molar refractivity (Wildman–Crippen MR) is 106 cm³/mol. The first-order valence-electron chi connectivity index (χ1n) is 9.07. The Morgan fingerprint density at radius 1 is 0.815 bits per heavy atom. The minimum absolute atomic E-state index is 0.263. The van der Waals surface area contributed by atoms with Gasteiger partial charge in [0.05, 0.1) is 19.6 Å². The van der Waals surface area contributed by atoms with Crippen LogP contribution in [0.1, 0.15) is 23.1 Å². The molecule has 0 amide bonds. The summed E-state index contributed by atoms with van der Waals surface area (Å²) < 4.78 is 4.96. The van der Waals surface area contributed by atoms with Crippen molar-refractivity contribution in [2.45, 2.75) is 11.8 Å². The van der Waals surface area contributed by atoms with Crippen molar-refractivity contribution in [2.75, 3.05) is 13.7 Å². The monoisotopic (exact) mass is 360 g/mol. The zero-order chi connectivity index (χ0) is 19.1. The summed E-state index contributed by atoms with van der Waals surface area (Å²) in [6, 6.07) is 30.4. The van der Waals surface area contributed by atoms with Gasteiger partial charge in [-0.25, -0.2) is 0 Å². The van der Waals surface area contributed by atoms with E-state index in [9.17, 15) is 9.90 Å². The molecule has 3 heteroatoms. The van der Waals surface area contributed by atoms with Gasteiger partial charge in [-0.15, -0.1) is 0 Å². The first-order valence-corrected chi connectivity index (χ1v) is 9.07. The van der Waals surface area contributed by atoms with Crippen LogP contribution < -0.4 is 0 Å². The van der Waals surface area contributed by atoms with Crippen molar-refractivity contribution in [3.8, 4) is 0 Å². The summed E-state index contributed by atoms with van der Waals surface area (Å²) in [7, 11) is 1.36. The van der Waals surface area contributed by atoms with Gasteiger partial charge in [0, 0.05) is 5.41 Å². The van der Waals surface area contributed by atoms with Crippen LogP contribution in [-0.4, -0.2) is 24.8 Å². The summed E-state index contributed by atoms with van der Waals surface area (Å²) >= 11 is 0. The van der Waals surface area contributed by atoms with Crippen LogP contribution in [-0.2, 0) is 14.9 Å². The van der Waals surface area contributed by atoms with E-state index in [1.54, 1.807) is 0 Å². The molecule has 0 aliphatic rings. The van der Waals surface area contributed by atoms with Crippen LogP contribution in [0.3, 0.4) is 0 Å². The zero-order valence-corrected chi connectivity index (χ0v) is 15.4. The van der Waals surface area contributed by atoms with E-state index >= 15 is 0 Å². The molecule has 27 heavy (non-hydrogen) atoms. The van der Waals surface area contributed by atoms with Crippen LogP contribution in [0.15, 0.2) is 91.0 Å². The van der Waals surface area contributed by atoms with Crippen LogP contribution in [0.5, 0.6) is 0 Å². The smallest absolute Gasteiger partial charge is 0.311 e. The van der Waals surface area contributed by atoms with E-state index in [0.717, 1.165) is 16.7 Å². The van der Waals surface area contributed by atoms with Crippen molar-refractivity contribution in [3.05, 3.63) is 108 Å². The number of aliphatic hydroxyl groups is 1. The van der Waals surface area contributed by atoms with Crippen molar-refractivity contribution in [2.24, 2.45) is 5.92 Å². The molecule has 3 rings (SSSR count). The van der Waals surface area contributed by atoms with Gasteiger partial charge in [0.15, 0.2) is 0 Å². The molecule has 0 bridgehead atoms. The van der Waals surface area contributed by atoms with E-state index in [2.05, 4.69) is 36.4 Å². The molecule has 138 valence electrons. The fourth-order valence-corrected chi connectivity index (χ4v) is 3.78. The maximum absolute atomic E-state index is 12.3. The molecule has 3 nitrogen and oxygen atoms in total. The van der Waals surface area contributed by atoms with E-state index < -0.39 is 17.3 Å². The highest BCUT2D eigenvalue weighted by Crippen LogP contribution is 2.44. The summed E-state index contributed by atoms with van der Waals surface area (Å²) in [6.45, 7) is -0.263. The second-order valence-electron chi connectivity index (χ2n) is 6.61. The molecule has 0 unspecified atom stereocenters. The van der Waals surface area contributed by atoms with E-state index in [4.69, 9.17) is 4.74 Å². The van der Waals surface area contributed by atoms with Gasteiger partial charge in [0.25, 0.3) is 0 Å². The van der Waals surface area contributed by atoms with E-state index in [1.807, 2.05) is 54.6 Å². The van der Waals surface area contributed by atoms with Crippen molar-refractivity contribution in [3.63, 3.8) is 0 Å². The molecule has 3 aromatic rings. The molecule has 3 aromatic carbocycles. The van der Waals surface area contributed by atoms with E-state index in [-0.39, 0.29) is 6.61 Å². The van der Waals surface area contributed by atoms with Gasteiger partial charge in [-0.1, -0.05) is 91.0 Å². The second-order valence-corrected chi connectivity index (χ2v) is 6.61. The molecule has 0 saturated heterocycles. The number of methoxy groups -OCH3 is 1. The lowest BCUT2D eigenvalue weighted by atomic mass is 9.65. The van der Waals surface area contributed by atoms with Gasteiger partial charge >= 0.3 is 5.97 Å². The van der Waals surface area contributed by atoms with Gasteiger partial charge in [0.1, 0.15) is 0 Å². The zero-order valence-electron chi connectivity index (χ0n) is 15.4. The molecule has 0 aliphatic heterocycles. The van der Waals surface area contributed by atoms with Gasteiger partial charge in [-0.2, -0.15) is 0 Å². The molecular weight excluding hydrogens is 336 g/mol. The highest BCUT2D eigenvalue weighted by atomic mass is 16.5. The summed E-state index contributed by atoms with van der Waals surface area (Å²) in [5, 5.41) is 9.93. The SMILES string of the molecule is COC(=O)[C@@H](CO)CC(c1ccccc1)(c1ccccc1)c1ccccc1. The number of esters is 1. The highest BCUT2D eigenvalue weighted by Gasteiger charge is 2.40. The lowest BCUT2D eigenvalue weighted by molar-refractivity contribution is -0.147. The average Bonchev–Trinajstić information content (AvgIpc) is 2.76. The molecule has 0 aromatic heterocycles. The van der Waals surface area contributed by atoms with Crippen LogP contribution in [0.4, 0.5) is 0 Å². The third kappa shape index (κ3) is 3.79. The summed E-state index contributed by atoms with van der Waals surface area (Å²) in [4.78, 5) is 12.3. The van der Waals surface area contributed by atoms with Crippen LogP contribution in [0.25, 0.3) is 0 Å². The fraction of sp³-hybridized carbons (Fsp3) is 0.208. The van der Waals surface area contributed by atoms with Gasteiger partial charge in [0.2, 0.25) is 0 Å². The lowest BCUT2D eigenvalue weighted by Crippen LogP contribution is -2.36. The number of hydrogen-bond donors (Lipinski definition) is 1. The number of carbonyl (C=O) groups is 1. The Morgan fingerprint density at radius 2 is 1.19 bits per heavy atom. The number of aliphatic hydroxyl groups excluding tert-OH is 1. The molecule has 1 atom stereocenters. The van der Waals surface area contributed by atoms with Gasteiger partial charge in [-0.3, -0.25) is 4.79 Å². The molecule has 0 saturated carbocycles. The fourth-order valence-electron chi connectivity index (χ4n) is 3.78. The number of hydrogen-bond acceptors (Lipinski definition) is 3. The van der Waals surface area contributed by atoms with Crippen molar-refractivity contribution >= 4 is 5.97 Å². The van der Waals surface area contributed by atoms with Gasteiger partial charge in [-0.05, 0) is 23.1 Å². The Morgan fingerprint density at radius 3 is 1.48 bits per heavy atom. The number of ether oxygens (including phenoxy) is 1. The number of rotatable bonds is 7. The van der Waals surface area contributed by atoms with Crippen LogP contribution >= 0.6 is 0 Å². The van der Waals surface area contributed by atoms with Crippen molar-refractivity contribution < 1.29 is 14.6 Å². The summed E-state index contributed by atoms with van der Waals surface area (Å²) in [6.07, 6.45) is 0.411. The van der Waals surface area contributed by atoms with Crippen LogP contribution in [0, 0.1) is 5.92 Å². The third-order valence-corrected chi connectivity index (χ3v) is 5.11. The summed E-state index contributed by atoms with van der Waals surface area (Å²) in [5.74, 6) is -1.03. The molecular formula is C24H24O3. The van der Waals surface area contributed by atoms with Crippen molar-refractivity contribution in [1.29, 1.82) is 0 Å². The quantitative estimate of drug-likeness (QED) is 0.508. The largest absolute Gasteiger partial charge is 0.469 e. The highest BCUT2D eigenvalue weighted by molar-refractivity contribution is 5.73. The molecule has 0 radical (unpaired) electrons. The minimum atomic E-state index is -0.629. The number of carbonyl (C=O) groups excluding carboxylic acids is 1. The topological polar surface area (TPSA) is 46.5 Å². The van der Waals surface area contributed by atoms with Crippen molar-refractivity contribution in [1.82, 2.24) is 0 Å². The van der Waals surface area contributed by atoms with Gasteiger partial charge < -0.3 is 9.84 Å². The Hall–Kier alpha value is -2.91. The lowest BCUT2D eigenvalue weighted by Gasteiger charge is -2.38. The van der Waals surface area contributed by atoms with Crippen LogP contribution in [0.2, 0.25) is 0 Å². The molecule has 0 spiro atoms. The minimum Gasteiger partial charge on any atom is -0.469 e. The Bertz CT molecular complexity index is 748. The van der Waals surface area contributed by atoms with E-state index in [1.165, 1.54) is 7.11 Å². The Kier molecular flexibility index (Phi) is 6.05. The Balaban J connectivity index is 2.27. The standard InChI is InChI=1S/C24H24O3/c1-27-23(26)19(18-25)17-24(20-11-5-2-6-12-20,21-13-7-3-8-14-21)22-15-9-4-10-16-22/h2-16,19,25H,17-18H2,1H3/t19-/m1/s1. The molecule has 0 fully saturated rings. The molecule has 0 aliphatic carbocycles. The third-order valence-electron chi connectivity index (χ3n) is 5.11. The first-order chi connectivity index (χ1) is 13.2. The normalized spacial score (nSPS) is 12.4.